The Balaban J connectivity index is 1.20. The van der Waals surface area contributed by atoms with Crippen LogP contribution in [0.1, 0.15) is 150 Å². The van der Waals surface area contributed by atoms with Crippen LogP contribution < -0.4 is 5.32 Å². The molecule has 5 nitrogen and oxygen atoms in total. The van der Waals surface area contributed by atoms with Gasteiger partial charge in [-0.15, -0.1) is 0 Å². The van der Waals surface area contributed by atoms with E-state index in [9.17, 15) is 20.1 Å². The van der Waals surface area contributed by atoms with Gasteiger partial charge in [0.25, 0.3) is 0 Å². The monoisotopic (exact) mass is 575 g/mol. The van der Waals surface area contributed by atoms with Crippen LogP contribution in [0.4, 0.5) is 0 Å². The fourth-order valence-corrected chi connectivity index (χ4v) is 10.6. The predicted molar refractivity (Wildman–Crippen MR) is 167 cm³/mol. The molecule has 238 valence electrons. The third kappa shape index (κ3) is 7.36. The Morgan fingerprint density at radius 1 is 0.854 bits per heavy atom. The van der Waals surface area contributed by atoms with Gasteiger partial charge in [0.05, 0.1) is 18.3 Å². The highest BCUT2D eigenvalue weighted by molar-refractivity contribution is 5.75. The summed E-state index contributed by atoms with van der Waals surface area (Å²) in [7, 11) is 0. The summed E-state index contributed by atoms with van der Waals surface area (Å²) in [6, 6.07) is 0. The van der Waals surface area contributed by atoms with Crippen molar-refractivity contribution in [3.63, 3.8) is 0 Å². The molecule has 1 amide bonds. The van der Waals surface area contributed by atoms with Crippen molar-refractivity contribution in [3.8, 4) is 0 Å². The standard InChI is InChI=1S/C36H65NO4/c1-5-6-7-8-9-10-11-12-13-14-21-37-33(41)18-15-25(2)28-16-17-29-34-30(24-32(40)36(28,29)4)35(3)20-19-27(38)22-26(35)23-31(34)39/h25-32,34,38-40H,5-24H2,1-4H3,(H,37,41)/t25?,26?,27-,28-,29+,30+,31-,32+,34?,35+,36?/m1/s1. The molecule has 0 aliphatic heterocycles. The van der Waals surface area contributed by atoms with Gasteiger partial charge in [0.15, 0.2) is 0 Å². The number of rotatable bonds is 15. The fraction of sp³-hybridized carbons (Fsp3) is 0.972. The van der Waals surface area contributed by atoms with Gasteiger partial charge in [0, 0.05) is 13.0 Å². The van der Waals surface area contributed by atoms with Crippen molar-refractivity contribution < 1.29 is 20.1 Å². The first-order valence-corrected chi connectivity index (χ1v) is 17.9. The van der Waals surface area contributed by atoms with Crippen LogP contribution in [0.3, 0.4) is 0 Å². The van der Waals surface area contributed by atoms with Crippen LogP contribution >= 0.6 is 0 Å². The van der Waals surface area contributed by atoms with Crippen molar-refractivity contribution in [2.24, 2.45) is 46.3 Å². The molecule has 4 rings (SSSR count). The maximum Gasteiger partial charge on any atom is 0.220 e. The third-order valence-corrected chi connectivity index (χ3v) is 13.2. The molecule has 41 heavy (non-hydrogen) atoms. The number of carbonyl (C=O) groups is 1. The van der Waals surface area contributed by atoms with Crippen molar-refractivity contribution in [1.82, 2.24) is 5.32 Å². The lowest BCUT2D eigenvalue weighted by molar-refractivity contribution is -0.207. The zero-order chi connectivity index (χ0) is 29.6. The number of unbranched alkanes of at least 4 members (excludes halogenated alkanes) is 9. The molecule has 4 fully saturated rings. The second-order valence-electron chi connectivity index (χ2n) is 15.6. The molecule has 4 saturated carbocycles. The van der Waals surface area contributed by atoms with Crippen LogP contribution in [-0.2, 0) is 4.79 Å². The van der Waals surface area contributed by atoms with Gasteiger partial charge in [0.2, 0.25) is 5.91 Å². The van der Waals surface area contributed by atoms with Crippen LogP contribution in [0.5, 0.6) is 0 Å². The molecular weight excluding hydrogens is 510 g/mol. The summed E-state index contributed by atoms with van der Waals surface area (Å²) in [6.45, 7) is 10.1. The average Bonchev–Trinajstić information content (AvgIpc) is 3.30. The van der Waals surface area contributed by atoms with Crippen molar-refractivity contribution >= 4 is 5.91 Å². The van der Waals surface area contributed by atoms with Crippen molar-refractivity contribution in [1.29, 1.82) is 0 Å². The summed E-state index contributed by atoms with van der Waals surface area (Å²) in [6.07, 6.45) is 20.0. The molecule has 0 aromatic carbocycles. The minimum absolute atomic E-state index is 0.113. The van der Waals surface area contributed by atoms with Gasteiger partial charge in [-0.25, -0.2) is 0 Å². The third-order valence-electron chi connectivity index (χ3n) is 13.2. The van der Waals surface area contributed by atoms with E-state index < -0.39 is 0 Å². The van der Waals surface area contributed by atoms with Gasteiger partial charge >= 0.3 is 0 Å². The van der Waals surface area contributed by atoms with E-state index >= 15 is 0 Å². The quantitative estimate of drug-likeness (QED) is 0.153. The van der Waals surface area contributed by atoms with E-state index in [-0.39, 0.29) is 41.0 Å². The van der Waals surface area contributed by atoms with E-state index in [0.29, 0.717) is 36.0 Å². The molecule has 0 heterocycles. The lowest BCUT2D eigenvalue weighted by Gasteiger charge is -2.63. The molecule has 11 atom stereocenters. The minimum atomic E-state index is -0.358. The maximum atomic E-state index is 12.7. The smallest absolute Gasteiger partial charge is 0.220 e. The number of fused-ring (bicyclic) bond motifs is 5. The van der Waals surface area contributed by atoms with E-state index in [1.165, 1.54) is 57.8 Å². The van der Waals surface area contributed by atoms with Gasteiger partial charge in [-0.05, 0) is 104 Å². The number of aliphatic hydroxyl groups excluding tert-OH is 3. The molecule has 5 heteroatoms. The van der Waals surface area contributed by atoms with E-state index in [2.05, 4.69) is 33.0 Å². The normalized spacial score (nSPS) is 40.9. The van der Waals surface area contributed by atoms with E-state index in [0.717, 1.165) is 64.3 Å². The van der Waals surface area contributed by atoms with Gasteiger partial charge in [-0.2, -0.15) is 0 Å². The topological polar surface area (TPSA) is 89.8 Å². The molecule has 0 aromatic heterocycles. The van der Waals surface area contributed by atoms with Crippen molar-refractivity contribution in [3.05, 3.63) is 0 Å². The summed E-state index contributed by atoms with van der Waals surface area (Å²) in [4.78, 5) is 12.7. The highest BCUT2D eigenvalue weighted by Crippen LogP contribution is 2.68. The number of carbonyl (C=O) groups excluding carboxylic acids is 1. The van der Waals surface area contributed by atoms with Gasteiger partial charge < -0.3 is 20.6 Å². The molecule has 0 aromatic rings. The van der Waals surface area contributed by atoms with Crippen LogP contribution in [0.15, 0.2) is 0 Å². The van der Waals surface area contributed by atoms with Crippen LogP contribution in [0, 0.1) is 46.3 Å². The summed E-state index contributed by atoms with van der Waals surface area (Å²) >= 11 is 0. The summed E-state index contributed by atoms with van der Waals surface area (Å²) < 4.78 is 0. The Morgan fingerprint density at radius 2 is 1.51 bits per heavy atom. The van der Waals surface area contributed by atoms with E-state index in [1.54, 1.807) is 0 Å². The van der Waals surface area contributed by atoms with Crippen molar-refractivity contribution in [2.75, 3.05) is 6.54 Å². The molecular formula is C36H65NO4. The summed E-state index contributed by atoms with van der Waals surface area (Å²) in [5.74, 6) is 2.24. The second-order valence-corrected chi connectivity index (χ2v) is 15.6. The fourth-order valence-electron chi connectivity index (χ4n) is 10.6. The van der Waals surface area contributed by atoms with E-state index in [1.807, 2.05) is 0 Å². The van der Waals surface area contributed by atoms with Crippen LogP contribution in [-0.4, -0.2) is 46.1 Å². The van der Waals surface area contributed by atoms with Crippen molar-refractivity contribution in [2.45, 2.75) is 168 Å². The highest BCUT2D eigenvalue weighted by Gasteiger charge is 2.65. The Kier molecular flexibility index (Phi) is 12.1. The largest absolute Gasteiger partial charge is 0.393 e. The predicted octanol–water partition coefficient (Wildman–Crippen LogP) is 7.40. The lowest BCUT2D eigenvalue weighted by atomic mass is 9.43. The maximum absolute atomic E-state index is 12.7. The Bertz CT molecular complexity index is 819. The van der Waals surface area contributed by atoms with Gasteiger partial charge in [0.1, 0.15) is 0 Å². The minimum Gasteiger partial charge on any atom is -0.393 e. The number of hydrogen-bond acceptors (Lipinski definition) is 4. The molecule has 4 N–H and O–H groups in total. The molecule has 4 aliphatic rings. The molecule has 4 unspecified atom stereocenters. The molecule has 0 bridgehead atoms. The Hall–Kier alpha value is -0.650. The SMILES string of the molecule is CCCCCCCCCCCCNC(=O)CCC(C)[C@H]1CC[C@H]2C3[C@H](O)CC4C[C@H](O)CC[C@]4(C)[C@H]3C[C@H](O)C12C. The van der Waals surface area contributed by atoms with Crippen LogP contribution in [0.2, 0.25) is 0 Å². The van der Waals surface area contributed by atoms with Gasteiger partial charge in [-0.3, -0.25) is 4.79 Å². The zero-order valence-corrected chi connectivity index (χ0v) is 27.1. The first-order valence-electron chi connectivity index (χ1n) is 17.9. The zero-order valence-electron chi connectivity index (χ0n) is 27.1. The molecule has 0 spiro atoms. The first kappa shape index (κ1) is 33.2. The lowest BCUT2D eigenvalue weighted by Crippen LogP contribution is -2.62. The van der Waals surface area contributed by atoms with E-state index in [4.69, 9.17) is 0 Å². The number of hydrogen-bond donors (Lipinski definition) is 4. The van der Waals surface area contributed by atoms with Gasteiger partial charge in [-0.1, -0.05) is 85.5 Å². The number of nitrogens with one attached hydrogen (secondary N) is 1. The molecule has 0 saturated heterocycles. The summed E-state index contributed by atoms with van der Waals surface area (Å²) in [5.41, 5.74) is -0.0765. The number of amides is 1. The Labute approximate surface area is 252 Å². The average molecular weight is 576 g/mol. The summed E-state index contributed by atoms with van der Waals surface area (Å²) in [5, 5.41) is 36.8. The number of aliphatic hydroxyl groups is 3. The van der Waals surface area contributed by atoms with Crippen LogP contribution in [0.25, 0.3) is 0 Å². The molecule has 0 radical (unpaired) electrons. The first-order chi connectivity index (χ1) is 19.6. The Morgan fingerprint density at radius 3 is 2.20 bits per heavy atom. The second kappa shape index (κ2) is 14.9. The highest BCUT2D eigenvalue weighted by atomic mass is 16.3. The molecule has 4 aliphatic carbocycles.